The number of carbonyl (C=O) groups excluding carboxylic acids is 3. The van der Waals surface area contributed by atoms with Crippen LogP contribution < -0.4 is 9.64 Å². The van der Waals surface area contributed by atoms with Crippen LogP contribution in [0.3, 0.4) is 0 Å². The fourth-order valence-corrected chi connectivity index (χ4v) is 3.13. The number of ketones is 1. The highest BCUT2D eigenvalue weighted by Crippen LogP contribution is 2.23. The number of ether oxygens (including phenoxy) is 2. The number of para-hydroxylation sites is 1. The van der Waals surface area contributed by atoms with Gasteiger partial charge in [-0.25, -0.2) is 4.79 Å². The van der Waals surface area contributed by atoms with E-state index in [9.17, 15) is 14.4 Å². The van der Waals surface area contributed by atoms with Gasteiger partial charge in [0.1, 0.15) is 12.4 Å². The van der Waals surface area contributed by atoms with Crippen molar-refractivity contribution in [1.29, 1.82) is 0 Å². The highest BCUT2D eigenvalue weighted by molar-refractivity contribution is 6.12. The van der Waals surface area contributed by atoms with Gasteiger partial charge in [0.15, 0.2) is 5.78 Å². The molecule has 31 heavy (non-hydrogen) atoms. The van der Waals surface area contributed by atoms with E-state index in [2.05, 4.69) is 0 Å². The molecule has 0 heterocycles. The van der Waals surface area contributed by atoms with Gasteiger partial charge in [0.2, 0.25) is 0 Å². The van der Waals surface area contributed by atoms with Crippen LogP contribution in [0.1, 0.15) is 43.6 Å². The maximum absolute atomic E-state index is 13.0. The molecule has 0 aliphatic carbocycles. The fraction of sp³-hybridized carbons (Fsp3) is 0.160. The van der Waals surface area contributed by atoms with E-state index >= 15 is 0 Å². The molecule has 0 aliphatic rings. The maximum Gasteiger partial charge on any atom is 0.339 e. The number of nitrogens with zero attached hydrogens (tertiary/aromatic N) is 1. The zero-order valence-corrected chi connectivity index (χ0v) is 17.6. The van der Waals surface area contributed by atoms with E-state index in [0.717, 1.165) is 0 Å². The van der Waals surface area contributed by atoms with Gasteiger partial charge in [0, 0.05) is 23.9 Å². The van der Waals surface area contributed by atoms with Crippen LogP contribution in [0.25, 0.3) is 0 Å². The summed E-state index contributed by atoms with van der Waals surface area (Å²) in [5.41, 5.74) is 2.17. The number of Topliss-reactive ketones (excluding diaryl/α,β-unsaturated/α-hetero) is 1. The minimum atomic E-state index is -0.638. The topological polar surface area (TPSA) is 72.9 Å². The molecule has 0 N–H and O–H groups in total. The Morgan fingerprint density at radius 3 is 2.16 bits per heavy atom. The first-order valence-electron chi connectivity index (χ1n) is 9.69. The van der Waals surface area contributed by atoms with Crippen molar-refractivity contribution in [2.45, 2.75) is 13.5 Å². The van der Waals surface area contributed by atoms with Gasteiger partial charge in [-0.3, -0.25) is 9.59 Å². The summed E-state index contributed by atoms with van der Waals surface area (Å²) in [5, 5.41) is 0. The van der Waals surface area contributed by atoms with E-state index in [4.69, 9.17) is 9.47 Å². The molecule has 0 aromatic heterocycles. The Kier molecular flexibility index (Phi) is 6.82. The van der Waals surface area contributed by atoms with Crippen LogP contribution in [0, 0.1) is 0 Å². The lowest BCUT2D eigenvalue weighted by atomic mass is 10.1. The van der Waals surface area contributed by atoms with E-state index in [0.29, 0.717) is 22.6 Å². The number of hydrogen-bond acceptors (Lipinski definition) is 5. The number of rotatable bonds is 7. The largest absolute Gasteiger partial charge is 0.496 e. The summed E-state index contributed by atoms with van der Waals surface area (Å²) < 4.78 is 10.8. The van der Waals surface area contributed by atoms with Crippen LogP contribution in [-0.2, 0) is 11.3 Å². The second kappa shape index (κ2) is 9.71. The third kappa shape index (κ3) is 4.98. The Hall–Kier alpha value is -3.93. The smallest absolute Gasteiger partial charge is 0.339 e. The molecular weight excluding hydrogens is 394 g/mol. The summed E-state index contributed by atoms with van der Waals surface area (Å²) in [6.45, 7) is 1.36. The van der Waals surface area contributed by atoms with Crippen LogP contribution in [0.5, 0.6) is 5.75 Å². The predicted octanol–water partition coefficient (Wildman–Crippen LogP) is 4.53. The van der Waals surface area contributed by atoms with E-state index in [-0.39, 0.29) is 29.4 Å². The van der Waals surface area contributed by atoms with Crippen LogP contribution >= 0.6 is 0 Å². The standard InChI is InChI=1S/C25H23NO5/c1-17(27)18-13-14-23(30-3)19(15-18)16-31-25(29)22-12-8-7-11-21(22)24(28)26(2)20-9-5-4-6-10-20/h4-15H,16H2,1-3H3. The molecule has 1 amide bonds. The molecule has 0 saturated heterocycles. The van der Waals surface area contributed by atoms with Crippen molar-refractivity contribution in [2.75, 3.05) is 19.1 Å². The first-order chi connectivity index (χ1) is 14.9. The zero-order valence-electron chi connectivity index (χ0n) is 17.6. The van der Waals surface area contributed by atoms with E-state index in [1.54, 1.807) is 49.5 Å². The third-order valence-corrected chi connectivity index (χ3v) is 4.87. The van der Waals surface area contributed by atoms with Gasteiger partial charge in [-0.05, 0) is 49.4 Å². The van der Waals surface area contributed by atoms with Gasteiger partial charge in [0.25, 0.3) is 5.91 Å². The van der Waals surface area contributed by atoms with Crippen molar-refractivity contribution in [3.63, 3.8) is 0 Å². The monoisotopic (exact) mass is 417 g/mol. The minimum absolute atomic E-state index is 0.0970. The Bertz CT molecular complexity index is 1110. The molecule has 158 valence electrons. The quantitative estimate of drug-likeness (QED) is 0.417. The van der Waals surface area contributed by atoms with Crippen molar-refractivity contribution in [2.24, 2.45) is 0 Å². The molecule has 3 rings (SSSR count). The minimum Gasteiger partial charge on any atom is -0.496 e. The molecule has 0 aliphatic heterocycles. The molecule has 0 radical (unpaired) electrons. The van der Waals surface area contributed by atoms with Gasteiger partial charge in [-0.2, -0.15) is 0 Å². The molecule has 0 saturated carbocycles. The fourth-order valence-electron chi connectivity index (χ4n) is 3.13. The first-order valence-corrected chi connectivity index (χ1v) is 9.69. The lowest BCUT2D eigenvalue weighted by molar-refractivity contribution is 0.0467. The van der Waals surface area contributed by atoms with Crippen LogP contribution in [0.4, 0.5) is 5.69 Å². The van der Waals surface area contributed by atoms with Crippen molar-refractivity contribution >= 4 is 23.3 Å². The number of hydrogen-bond donors (Lipinski definition) is 0. The number of esters is 1. The molecule has 0 unspecified atom stereocenters. The van der Waals surface area contributed by atoms with Gasteiger partial charge < -0.3 is 14.4 Å². The predicted molar refractivity (Wildman–Crippen MR) is 118 cm³/mol. The van der Waals surface area contributed by atoms with Crippen LogP contribution in [0.2, 0.25) is 0 Å². The van der Waals surface area contributed by atoms with Crippen molar-refractivity contribution in [3.8, 4) is 5.75 Å². The summed E-state index contributed by atoms with van der Waals surface area (Å²) >= 11 is 0. The molecular formula is C25H23NO5. The van der Waals surface area contributed by atoms with Gasteiger partial charge in [-0.1, -0.05) is 30.3 Å². The van der Waals surface area contributed by atoms with Crippen molar-refractivity contribution < 1.29 is 23.9 Å². The summed E-state index contributed by atoms with van der Waals surface area (Å²) in [6.07, 6.45) is 0. The summed E-state index contributed by atoms with van der Waals surface area (Å²) in [5.74, 6) is -0.559. The van der Waals surface area contributed by atoms with Crippen LogP contribution in [0.15, 0.2) is 72.8 Å². The maximum atomic E-state index is 13.0. The molecule has 0 atom stereocenters. The van der Waals surface area contributed by atoms with Crippen molar-refractivity contribution in [1.82, 2.24) is 0 Å². The molecule has 6 nitrogen and oxygen atoms in total. The van der Waals surface area contributed by atoms with E-state index in [1.807, 2.05) is 30.3 Å². The van der Waals surface area contributed by atoms with Gasteiger partial charge in [0.05, 0.1) is 18.2 Å². The molecule has 6 heteroatoms. The normalized spacial score (nSPS) is 10.3. The number of carbonyl (C=O) groups is 3. The third-order valence-electron chi connectivity index (χ3n) is 4.87. The van der Waals surface area contributed by atoms with Crippen LogP contribution in [-0.4, -0.2) is 31.8 Å². The number of methoxy groups -OCH3 is 1. The molecule has 3 aromatic carbocycles. The molecule has 3 aromatic rings. The molecule has 0 spiro atoms. The number of anilines is 1. The Labute approximate surface area is 181 Å². The number of amides is 1. The summed E-state index contributed by atoms with van der Waals surface area (Å²) in [6, 6.07) is 20.6. The average molecular weight is 417 g/mol. The zero-order chi connectivity index (χ0) is 22.4. The first kappa shape index (κ1) is 21.8. The average Bonchev–Trinajstić information content (AvgIpc) is 2.81. The molecule has 0 bridgehead atoms. The second-order valence-corrected chi connectivity index (χ2v) is 6.90. The lowest BCUT2D eigenvalue weighted by Crippen LogP contribution is -2.28. The Morgan fingerprint density at radius 2 is 1.52 bits per heavy atom. The highest BCUT2D eigenvalue weighted by atomic mass is 16.5. The van der Waals surface area contributed by atoms with E-state index in [1.165, 1.54) is 18.9 Å². The summed E-state index contributed by atoms with van der Waals surface area (Å²) in [7, 11) is 3.15. The lowest BCUT2D eigenvalue weighted by Gasteiger charge is -2.19. The number of benzene rings is 3. The van der Waals surface area contributed by atoms with Crippen molar-refractivity contribution in [3.05, 3.63) is 95.1 Å². The van der Waals surface area contributed by atoms with E-state index < -0.39 is 5.97 Å². The Balaban J connectivity index is 1.82. The van der Waals surface area contributed by atoms with Gasteiger partial charge in [-0.15, -0.1) is 0 Å². The Morgan fingerprint density at radius 1 is 0.871 bits per heavy atom. The van der Waals surface area contributed by atoms with Gasteiger partial charge >= 0.3 is 5.97 Å². The SMILES string of the molecule is COc1ccc(C(C)=O)cc1COC(=O)c1ccccc1C(=O)N(C)c1ccccc1. The summed E-state index contributed by atoms with van der Waals surface area (Å²) in [4.78, 5) is 39.0. The highest BCUT2D eigenvalue weighted by Gasteiger charge is 2.22. The second-order valence-electron chi connectivity index (χ2n) is 6.90. The molecule has 0 fully saturated rings.